The van der Waals surface area contributed by atoms with Crippen LogP contribution in [0, 0.1) is 17.0 Å². The Morgan fingerprint density at radius 3 is 2.56 bits per heavy atom. The van der Waals surface area contributed by atoms with Crippen LogP contribution in [-0.4, -0.2) is 20.7 Å². The molecule has 3 rings (SSSR count). The largest absolute Gasteiger partial charge is 0.434 e. The summed E-state index contributed by atoms with van der Waals surface area (Å²) in [5.41, 5.74) is 1.61. The molecule has 0 aliphatic carbocycles. The lowest BCUT2D eigenvalue weighted by Crippen LogP contribution is -2.04. The average molecular weight is 364 g/mol. The van der Waals surface area contributed by atoms with Crippen LogP contribution in [0.15, 0.2) is 54.9 Å². The number of anilines is 2. The van der Waals surface area contributed by atoms with E-state index in [1.165, 1.54) is 13.3 Å². The molecule has 2 aromatic carbocycles. The molecule has 8 nitrogen and oxygen atoms in total. The highest BCUT2D eigenvalue weighted by Gasteiger charge is 2.25. The van der Waals surface area contributed by atoms with Crippen LogP contribution in [0.3, 0.4) is 0 Å². The first-order valence-corrected chi connectivity index (χ1v) is 8.06. The van der Waals surface area contributed by atoms with E-state index in [-0.39, 0.29) is 17.5 Å². The van der Waals surface area contributed by atoms with Gasteiger partial charge < -0.3 is 10.1 Å². The molecule has 1 aromatic heterocycles. The maximum absolute atomic E-state index is 11.6. The van der Waals surface area contributed by atoms with Gasteiger partial charge in [0, 0.05) is 11.3 Å². The predicted octanol–water partition coefficient (Wildman–Crippen LogP) is 4.43. The molecule has 0 saturated heterocycles. The molecule has 1 heterocycles. The smallest absolute Gasteiger partial charge is 0.373 e. The van der Waals surface area contributed by atoms with Crippen molar-refractivity contribution in [2.75, 3.05) is 5.32 Å². The minimum Gasteiger partial charge on any atom is -0.434 e. The summed E-state index contributed by atoms with van der Waals surface area (Å²) in [5.74, 6) is 0.105. The predicted molar refractivity (Wildman–Crippen MR) is 99.7 cm³/mol. The van der Waals surface area contributed by atoms with Crippen molar-refractivity contribution in [2.45, 2.75) is 13.8 Å². The van der Waals surface area contributed by atoms with Gasteiger partial charge in [-0.1, -0.05) is 29.8 Å². The number of aromatic nitrogens is 2. The molecule has 0 aliphatic heterocycles. The van der Waals surface area contributed by atoms with Crippen LogP contribution in [0.5, 0.6) is 11.6 Å². The van der Waals surface area contributed by atoms with E-state index in [4.69, 9.17) is 4.74 Å². The molecular weight excluding hydrogens is 348 g/mol. The SMILES string of the molecule is CC(=O)c1cccc(Nc2ncnc(Oc3ccc(C)cc3)c2[N+](=O)[O-])c1. The van der Waals surface area contributed by atoms with Crippen molar-refractivity contribution in [1.82, 2.24) is 9.97 Å². The summed E-state index contributed by atoms with van der Waals surface area (Å²) in [6.45, 7) is 3.37. The molecule has 0 amide bonds. The van der Waals surface area contributed by atoms with E-state index in [0.717, 1.165) is 5.56 Å². The van der Waals surface area contributed by atoms with E-state index in [1.54, 1.807) is 36.4 Å². The Morgan fingerprint density at radius 2 is 1.89 bits per heavy atom. The fourth-order valence-electron chi connectivity index (χ4n) is 2.36. The molecule has 1 N–H and O–H groups in total. The van der Waals surface area contributed by atoms with Gasteiger partial charge >= 0.3 is 11.6 Å². The van der Waals surface area contributed by atoms with Crippen LogP contribution in [0.1, 0.15) is 22.8 Å². The van der Waals surface area contributed by atoms with Gasteiger partial charge in [-0.15, -0.1) is 0 Å². The number of benzene rings is 2. The van der Waals surface area contributed by atoms with E-state index in [2.05, 4.69) is 15.3 Å². The molecule has 27 heavy (non-hydrogen) atoms. The van der Waals surface area contributed by atoms with Crippen molar-refractivity contribution in [1.29, 1.82) is 0 Å². The average Bonchev–Trinajstić information content (AvgIpc) is 2.64. The zero-order chi connectivity index (χ0) is 19.4. The molecular formula is C19H16N4O4. The molecule has 0 bridgehead atoms. The molecule has 136 valence electrons. The minimum absolute atomic E-state index is 0.0298. The lowest BCUT2D eigenvalue weighted by atomic mass is 10.1. The first kappa shape index (κ1) is 18.0. The Balaban J connectivity index is 1.96. The summed E-state index contributed by atoms with van der Waals surface area (Å²) in [4.78, 5) is 30.4. The number of carbonyl (C=O) groups excluding carboxylic acids is 1. The Morgan fingerprint density at radius 1 is 1.15 bits per heavy atom. The third-order valence-electron chi connectivity index (χ3n) is 3.74. The third-order valence-corrected chi connectivity index (χ3v) is 3.74. The van der Waals surface area contributed by atoms with Gasteiger partial charge in [0.05, 0.1) is 4.92 Å². The summed E-state index contributed by atoms with van der Waals surface area (Å²) < 4.78 is 5.58. The first-order valence-electron chi connectivity index (χ1n) is 8.06. The van der Waals surface area contributed by atoms with Gasteiger partial charge in [0.25, 0.3) is 0 Å². The minimum atomic E-state index is -0.610. The number of ketones is 1. The van der Waals surface area contributed by atoms with Crippen molar-refractivity contribution in [3.63, 3.8) is 0 Å². The highest BCUT2D eigenvalue weighted by molar-refractivity contribution is 5.95. The number of nitro groups is 1. The first-order chi connectivity index (χ1) is 12.9. The van der Waals surface area contributed by atoms with Gasteiger partial charge in [0.15, 0.2) is 5.78 Å². The summed E-state index contributed by atoms with van der Waals surface area (Å²) in [5, 5.41) is 14.5. The Kier molecular flexibility index (Phi) is 5.07. The Bertz CT molecular complexity index is 1000. The molecule has 0 atom stereocenters. The second-order valence-electron chi connectivity index (χ2n) is 5.81. The topological polar surface area (TPSA) is 107 Å². The fraction of sp³-hybridized carbons (Fsp3) is 0.105. The normalized spacial score (nSPS) is 10.3. The molecule has 8 heteroatoms. The van der Waals surface area contributed by atoms with Crippen molar-refractivity contribution in [2.24, 2.45) is 0 Å². The van der Waals surface area contributed by atoms with Gasteiger partial charge in [-0.2, -0.15) is 4.98 Å². The van der Waals surface area contributed by atoms with Crippen LogP contribution >= 0.6 is 0 Å². The number of nitrogens with one attached hydrogen (secondary N) is 1. The maximum atomic E-state index is 11.6. The van der Waals surface area contributed by atoms with Crippen molar-refractivity contribution in [3.05, 3.63) is 76.1 Å². The highest BCUT2D eigenvalue weighted by atomic mass is 16.6. The zero-order valence-corrected chi connectivity index (χ0v) is 14.7. The molecule has 0 fully saturated rings. The van der Waals surface area contributed by atoms with Gasteiger partial charge in [0.2, 0.25) is 5.82 Å². The number of carbonyl (C=O) groups is 1. The molecule has 0 aliphatic rings. The van der Waals surface area contributed by atoms with E-state index in [9.17, 15) is 14.9 Å². The van der Waals surface area contributed by atoms with Crippen LogP contribution in [0.4, 0.5) is 17.2 Å². The molecule has 0 spiro atoms. The van der Waals surface area contributed by atoms with Crippen LogP contribution in [0.2, 0.25) is 0 Å². The van der Waals surface area contributed by atoms with E-state index >= 15 is 0 Å². The maximum Gasteiger partial charge on any atom is 0.373 e. The third kappa shape index (κ3) is 4.24. The summed E-state index contributed by atoms with van der Waals surface area (Å²) >= 11 is 0. The Labute approximate surface area is 155 Å². The highest BCUT2D eigenvalue weighted by Crippen LogP contribution is 2.35. The summed E-state index contributed by atoms with van der Waals surface area (Å²) in [6, 6.07) is 13.7. The molecule has 0 radical (unpaired) electrons. The van der Waals surface area contributed by atoms with E-state index in [0.29, 0.717) is 17.0 Å². The number of hydrogen-bond donors (Lipinski definition) is 1. The monoisotopic (exact) mass is 364 g/mol. The van der Waals surface area contributed by atoms with Crippen molar-refractivity contribution >= 4 is 23.0 Å². The number of Topliss-reactive ketones (excluding diaryl/α,β-unsaturated/α-hetero) is 1. The van der Waals surface area contributed by atoms with E-state index < -0.39 is 10.6 Å². The molecule has 0 unspecified atom stereocenters. The van der Waals surface area contributed by atoms with Gasteiger partial charge in [-0.3, -0.25) is 14.9 Å². The number of nitrogens with zero attached hydrogens (tertiary/aromatic N) is 3. The number of hydrogen-bond acceptors (Lipinski definition) is 7. The lowest BCUT2D eigenvalue weighted by molar-refractivity contribution is -0.385. The van der Waals surface area contributed by atoms with Crippen LogP contribution in [0.25, 0.3) is 0 Å². The van der Waals surface area contributed by atoms with Gasteiger partial charge in [0.1, 0.15) is 12.1 Å². The quantitative estimate of drug-likeness (QED) is 0.391. The number of aryl methyl sites for hydroxylation is 1. The summed E-state index contributed by atoms with van der Waals surface area (Å²) in [6.07, 6.45) is 1.17. The molecule has 3 aromatic rings. The van der Waals surface area contributed by atoms with E-state index in [1.807, 2.05) is 19.1 Å². The van der Waals surface area contributed by atoms with Crippen molar-refractivity contribution < 1.29 is 14.5 Å². The van der Waals surface area contributed by atoms with Gasteiger partial charge in [-0.25, -0.2) is 4.98 Å². The lowest BCUT2D eigenvalue weighted by Gasteiger charge is -2.10. The number of ether oxygens (including phenoxy) is 1. The molecule has 0 saturated carbocycles. The zero-order valence-electron chi connectivity index (χ0n) is 14.7. The van der Waals surface area contributed by atoms with Gasteiger partial charge in [-0.05, 0) is 38.1 Å². The summed E-state index contributed by atoms with van der Waals surface area (Å²) in [7, 11) is 0. The van der Waals surface area contributed by atoms with Crippen LogP contribution in [-0.2, 0) is 0 Å². The number of rotatable bonds is 6. The van der Waals surface area contributed by atoms with Crippen LogP contribution < -0.4 is 10.1 Å². The second-order valence-corrected chi connectivity index (χ2v) is 5.81. The standard InChI is InChI=1S/C19H16N4O4/c1-12-6-8-16(9-7-12)27-19-17(23(25)26)18(20-11-21-19)22-15-5-3-4-14(10-15)13(2)24/h3-11H,1-2H3,(H,20,21,22). The Hall–Kier alpha value is -3.81. The second kappa shape index (κ2) is 7.61. The fourth-order valence-corrected chi connectivity index (χ4v) is 2.36. The van der Waals surface area contributed by atoms with Crippen molar-refractivity contribution in [3.8, 4) is 11.6 Å².